The molecule has 196 valence electrons. The lowest BCUT2D eigenvalue weighted by Crippen LogP contribution is -2.32. The van der Waals surface area contributed by atoms with Gasteiger partial charge in [0.2, 0.25) is 0 Å². The SMILES string of the molecule is CC(=O)O[C@@H](C)C(=O)Nc1cccc(C2O[C@H](Cn3cnc(Cl)c3Cl)C[C@H](c3ccc(CO)cc3)O2)c1. The average molecular weight is 548 g/mol. The van der Waals surface area contributed by atoms with Crippen LogP contribution in [0.15, 0.2) is 54.9 Å². The summed E-state index contributed by atoms with van der Waals surface area (Å²) in [6.07, 6.45) is -0.197. The van der Waals surface area contributed by atoms with E-state index in [2.05, 4.69) is 10.3 Å². The molecular formula is C26H27Cl2N3O6. The topological polar surface area (TPSA) is 112 Å². The molecule has 37 heavy (non-hydrogen) atoms. The summed E-state index contributed by atoms with van der Waals surface area (Å²) < 4.78 is 19.3. The zero-order valence-electron chi connectivity index (χ0n) is 20.3. The predicted octanol–water partition coefficient (Wildman–Crippen LogP) is 4.82. The van der Waals surface area contributed by atoms with E-state index in [4.69, 9.17) is 37.4 Å². The summed E-state index contributed by atoms with van der Waals surface area (Å²) in [6, 6.07) is 14.6. The number of hydrogen-bond donors (Lipinski definition) is 2. The fourth-order valence-electron chi connectivity index (χ4n) is 4.03. The number of rotatable bonds is 8. The molecule has 1 unspecified atom stereocenters. The molecule has 1 saturated heterocycles. The molecule has 3 aromatic rings. The second-order valence-corrected chi connectivity index (χ2v) is 9.41. The van der Waals surface area contributed by atoms with Crippen LogP contribution in [-0.2, 0) is 37.0 Å². The van der Waals surface area contributed by atoms with Gasteiger partial charge in [-0.2, -0.15) is 0 Å². The monoisotopic (exact) mass is 547 g/mol. The van der Waals surface area contributed by atoms with Crippen molar-refractivity contribution in [2.24, 2.45) is 0 Å². The van der Waals surface area contributed by atoms with Crippen LogP contribution in [0.4, 0.5) is 5.69 Å². The first-order valence-electron chi connectivity index (χ1n) is 11.7. The van der Waals surface area contributed by atoms with Gasteiger partial charge in [-0.05, 0) is 30.2 Å². The summed E-state index contributed by atoms with van der Waals surface area (Å²) in [4.78, 5) is 27.6. The Hall–Kier alpha value is -2.95. The molecule has 0 bridgehead atoms. The van der Waals surface area contributed by atoms with Crippen molar-refractivity contribution in [1.82, 2.24) is 9.55 Å². The van der Waals surface area contributed by atoms with E-state index in [1.165, 1.54) is 13.8 Å². The number of nitrogens with zero attached hydrogens (tertiary/aromatic N) is 2. The first-order valence-corrected chi connectivity index (χ1v) is 12.4. The smallest absolute Gasteiger partial charge is 0.303 e. The molecule has 2 aromatic carbocycles. The highest BCUT2D eigenvalue weighted by atomic mass is 35.5. The van der Waals surface area contributed by atoms with Crippen molar-refractivity contribution in [2.45, 2.75) is 58.0 Å². The van der Waals surface area contributed by atoms with Crippen LogP contribution in [0.25, 0.3) is 0 Å². The van der Waals surface area contributed by atoms with Crippen LogP contribution in [0, 0.1) is 0 Å². The lowest BCUT2D eigenvalue weighted by atomic mass is 10.00. The summed E-state index contributed by atoms with van der Waals surface area (Å²) in [5.74, 6) is -0.993. The molecule has 1 aliphatic rings. The second kappa shape index (κ2) is 12.1. The molecule has 4 rings (SSSR count). The highest BCUT2D eigenvalue weighted by molar-refractivity contribution is 6.40. The minimum Gasteiger partial charge on any atom is -0.453 e. The van der Waals surface area contributed by atoms with E-state index < -0.39 is 24.3 Å². The Morgan fingerprint density at radius 1 is 1.19 bits per heavy atom. The van der Waals surface area contributed by atoms with E-state index in [1.807, 2.05) is 30.3 Å². The molecule has 4 atom stereocenters. The summed E-state index contributed by atoms with van der Waals surface area (Å²) in [6.45, 7) is 3.10. The van der Waals surface area contributed by atoms with Gasteiger partial charge in [0.05, 0.1) is 31.7 Å². The lowest BCUT2D eigenvalue weighted by molar-refractivity contribution is -0.252. The van der Waals surface area contributed by atoms with E-state index in [0.29, 0.717) is 29.4 Å². The fourth-order valence-corrected chi connectivity index (χ4v) is 4.35. The lowest BCUT2D eigenvalue weighted by Gasteiger charge is -2.36. The van der Waals surface area contributed by atoms with Gasteiger partial charge in [0.1, 0.15) is 5.15 Å². The Morgan fingerprint density at radius 2 is 1.95 bits per heavy atom. The van der Waals surface area contributed by atoms with Crippen LogP contribution in [0.2, 0.25) is 10.3 Å². The molecule has 1 aliphatic heterocycles. The van der Waals surface area contributed by atoms with Gasteiger partial charge in [0.15, 0.2) is 17.5 Å². The summed E-state index contributed by atoms with van der Waals surface area (Å²) in [5.41, 5.74) is 2.93. The predicted molar refractivity (Wildman–Crippen MR) is 137 cm³/mol. The fraction of sp³-hybridized carbons (Fsp3) is 0.346. The van der Waals surface area contributed by atoms with E-state index in [-0.39, 0.29) is 24.0 Å². The minimum atomic E-state index is -0.939. The number of anilines is 1. The van der Waals surface area contributed by atoms with Crippen molar-refractivity contribution < 1.29 is 28.9 Å². The number of esters is 1. The Morgan fingerprint density at radius 3 is 2.59 bits per heavy atom. The number of aliphatic hydroxyl groups excluding tert-OH is 1. The van der Waals surface area contributed by atoms with Gasteiger partial charge in [-0.15, -0.1) is 0 Å². The normalized spacial score (nSPS) is 20.3. The van der Waals surface area contributed by atoms with Crippen LogP contribution in [0.3, 0.4) is 0 Å². The quantitative estimate of drug-likeness (QED) is 0.389. The molecule has 0 aliphatic carbocycles. The third-order valence-corrected chi connectivity index (χ3v) is 6.66. The number of nitrogens with one attached hydrogen (secondary N) is 1. The van der Waals surface area contributed by atoms with Crippen LogP contribution >= 0.6 is 23.2 Å². The zero-order chi connectivity index (χ0) is 26.5. The van der Waals surface area contributed by atoms with Gasteiger partial charge >= 0.3 is 5.97 Å². The largest absolute Gasteiger partial charge is 0.453 e. The Balaban J connectivity index is 1.56. The summed E-state index contributed by atoms with van der Waals surface area (Å²) >= 11 is 12.3. The molecular weight excluding hydrogens is 521 g/mol. The molecule has 1 aromatic heterocycles. The number of aromatic nitrogens is 2. The van der Waals surface area contributed by atoms with Crippen LogP contribution in [0.1, 0.15) is 49.4 Å². The third-order valence-electron chi connectivity index (χ3n) is 5.89. The van der Waals surface area contributed by atoms with Gasteiger partial charge in [-0.1, -0.05) is 59.6 Å². The zero-order valence-corrected chi connectivity index (χ0v) is 21.8. The van der Waals surface area contributed by atoms with Crippen molar-refractivity contribution in [3.8, 4) is 0 Å². The number of carbonyl (C=O) groups excluding carboxylic acids is 2. The molecule has 2 heterocycles. The van der Waals surface area contributed by atoms with Gasteiger partial charge in [-0.25, -0.2) is 4.98 Å². The van der Waals surface area contributed by atoms with Crippen molar-refractivity contribution in [3.63, 3.8) is 0 Å². The molecule has 0 radical (unpaired) electrons. The number of halogens is 2. The number of ether oxygens (including phenoxy) is 3. The summed E-state index contributed by atoms with van der Waals surface area (Å²) in [7, 11) is 0. The van der Waals surface area contributed by atoms with E-state index >= 15 is 0 Å². The first kappa shape index (κ1) is 27.1. The number of imidazole rings is 1. The number of hydrogen-bond acceptors (Lipinski definition) is 7. The van der Waals surface area contributed by atoms with Crippen molar-refractivity contribution in [2.75, 3.05) is 5.32 Å². The standard InChI is InChI=1S/C26H27Cl2N3O6/c1-15(35-16(2)33)25(34)30-20-5-3-4-19(10-20)26-36-21(12-31-14-29-23(27)24(31)28)11-22(37-26)18-8-6-17(13-32)7-9-18/h3-10,14-15,21-22,26,32H,11-13H2,1-2H3,(H,30,34)/t15-,21-,22+,26?/m0/s1. The maximum Gasteiger partial charge on any atom is 0.303 e. The van der Waals surface area contributed by atoms with Gasteiger partial charge in [0, 0.05) is 24.6 Å². The Bertz CT molecular complexity index is 1250. The molecule has 11 heteroatoms. The van der Waals surface area contributed by atoms with Crippen molar-refractivity contribution >= 4 is 40.8 Å². The van der Waals surface area contributed by atoms with Crippen LogP contribution in [-0.4, -0.2) is 38.7 Å². The van der Waals surface area contributed by atoms with E-state index in [0.717, 1.165) is 11.1 Å². The molecule has 9 nitrogen and oxygen atoms in total. The second-order valence-electron chi connectivity index (χ2n) is 8.70. The minimum absolute atomic E-state index is 0.0470. The van der Waals surface area contributed by atoms with Crippen molar-refractivity contribution in [1.29, 1.82) is 0 Å². The average Bonchev–Trinajstić information content (AvgIpc) is 3.20. The summed E-state index contributed by atoms with van der Waals surface area (Å²) in [5, 5.41) is 12.7. The third kappa shape index (κ3) is 6.88. The van der Waals surface area contributed by atoms with E-state index in [1.54, 1.807) is 29.1 Å². The Labute approximate surface area is 224 Å². The maximum absolute atomic E-state index is 12.4. The van der Waals surface area contributed by atoms with Gasteiger partial charge < -0.3 is 29.2 Å². The number of carbonyl (C=O) groups is 2. The molecule has 2 N–H and O–H groups in total. The molecule has 1 amide bonds. The highest BCUT2D eigenvalue weighted by Gasteiger charge is 2.33. The van der Waals surface area contributed by atoms with Gasteiger partial charge in [-0.3, -0.25) is 9.59 Å². The van der Waals surface area contributed by atoms with Gasteiger partial charge in [0.25, 0.3) is 5.91 Å². The molecule has 1 fully saturated rings. The number of benzene rings is 2. The maximum atomic E-state index is 12.4. The van der Waals surface area contributed by atoms with Crippen LogP contribution < -0.4 is 5.32 Å². The Kier molecular flexibility index (Phi) is 8.83. The molecule has 0 spiro atoms. The number of amides is 1. The highest BCUT2D eigenvalue weighted by Crippen LogP contribution is 2.39. The van der Waals surface area contributed by atoms with E-state index in [9.17, 15) is 14.7 Å². The van der Waals surface area contributed by atoms with Crippen LogP contribution in [0.5, 0.6) is 0 Å². The first-order chi connectivity index (χ1) is 17.7. The molecule has 0 saturated carbocycles. The van der Waals surface area contributed by atoms with Crippen molar-refractivity contribution in [3.05, 3.63) is 81.9 Å². The number of aliphatic hydroxyl groups is 1.